The van der Waals surface area contributed by atoms with E-state index in [4.69, 9.17) is 9.47 Å². The molecule has 2 aromatic carbocycles. The van der Waals surface area contributed by atoms with Gasteiger partial charge in [0.05, 0.1) is 0 Å². The molecule has 0 unspecified atom stereocenters. The maximum absolute atomic E-state index is 12.2. The molecule has 1 heterocycles. The molecule has 0 bridgehead atoms. The number of phenols is 1. The molecule has 0 saturated heterocycles. The van der Waals surface area contributed by atoms with Gasteiger partial charge in [0, 0.05) is 17.3 Å². The number of amides is 1. The predicted molar refractivity (Wildman–Crippen MR) is 73.4 cm³/mol. The van der Waals surface area contributed by atoms with Crippen molar-refractivity contribution in [2.45, 2.75) is 6.92 Å². The molecule has 0 aliphatic carbocycles. The molecule has 3 rings (SSSR count). The average molecular weight is 271 g/mol. The van der Waals surface area contributed by atoms with Crippen molar-refractivity contribution in [3.8, 4) is 17.2 Å². The Kier molecular flexibility index (Phi) is 2.95. The monoisotopic (exact) mass is 271 g/mol. The number of aromatic hydroxyl groups is 1. The first-order valence-corrected chi connectivity index (χ1v) is 6.14. The molecule has 102 valence electrons. The van der Waals surface area contributed by atoms with Gasteiger partial charge in [0.25, 0.3) is 5.91 Å². The first kappa shape index (κ1) is 12.3. The minimum absolute atomic E-state index is 0.141. The number of anilines is 1. The van der Waals surface area contributed by atoms with E-state index in [0.717, 1.165) is 0 Å². The summed E-state index contributed by atoms with van der Waals surface area (Å²) in [6, 6.07) is 9.85. The Hall–Kier alpha value is -2.69. The summed E-state index contributed by atoms with van der Waals surface area (Å²) < 4.78 is 10.5. The largest absolute Gasteiger partial charge is 0.508 e. The number of benzene rings is 2. The highest BCUT2D eigenvalue weighted by atomic mass is 16.7. The van der Waals surface area contributed by atoms with Crippen LogP contribution in [0.5, 0.6) is 17.2 Å². The van der Waals surface area contributed by atoms with E-state index in [1.165, 1.54) is 6.07 Å². The van der Waals surface area contributed by atoms with Crippen molar-refractivity contribution in [1.82, 2.24) is 0 Å². The lowest BCUT2D eigenvalue weighted by Crippen LogP contribution is -2.13. The minimum atomic E-state index is -0.235. The fourth-order valence-electron chi connectivity index (χ4n) is 2.08. The van der Waals surface area contributed by atoms with Gasteiger partial charge in [0.2, 0.25) is 6.79 Å². The summed E-state index contributed by atoms with van der Waals surface area (Å²) in [4.78, 5) is 12.2. The first-order valence-electron chi connectivity index (χ1n) is 6.14. The summed E-state index contributed by atoms with van der Waals surface area (Å²) in [5.41, 5.74) is 1.86. The van der Waals surface area contributed by atoms with Gasteiger partial charge >= 0.3 is 0 Å². The number of nitrogens with one attached hydrogen (secondary N) is 1. The SMILES string of the molecule is Cc1cc(O)ccc1C(=O)Nc1ccc2c(c1)OCO2. The van der Waals surface area contributed by atoms with Crippen LogP contribution in [-0.2, 0) is 0 Å². The van der Waals surface area contributed by atoms with Gasteiger partial charge in [0.1, 0.15) is 5.75 Å². The summed E-state index contributed by atoms with van der Waals surface area (Å²) in [5.74, 6) is 1.19. The number of phenolic OH excluding ortho intramolecular Hbond substituents is 1. The van der Waals surface area contributed by atoms with Gasteiger partial charge in [-0.1, -0.05) is 0 Å². The molecule has 1 amide bonds. The van der Waals surface area contributed by atoms with Crippen molar-refractivity contribution in [1.29, 1.82) is 0 Å². The molecule has 5 nitrogen and oxygen atoms in total. The van der Waals surface area contributed by atoms with E-state index < -0.39 is 0 Å². The van der Waals surface area contributed by atoms with Crippen LogP contribution in [0.25, 0.3) is 0 Å². The maximum Gasteiger partial charge on any atom is 0.255 e. The van der Waals surface area contributed by atoms with Crippen LogP contribution in [0, 0.1) is 6.92 Å². The van der Waals surface area contributed by atoms with Crippen molar-refractivity contribution in [2.24, 2.45) is 0 Å². The van der Waals surface area contributed by atoms with Gasteiger partial charge < -0.3 is 19.9 Å². The van der Waals surface area contributed by atoms with E-state index in [-0.39, 0.29) is 18.4 Å². The fraction of sp³-hybridized carbons (Fsp3) is 0.133. The second-order valence-electron chi connectivity index (χ2n) is 4.52. The summed E-state index contributed by atoms with van der Waals surface area (Å²) >= 11 is 0. The number of hydrogen-bond donors (Lipinski definition) is 2. The Balaban J connectivity index is 1.82. The number of carbonyl (C=O) groups is 1. The van der Waals surface area contributed by atoms with Crippen LogP contribution in [0.1, 0.15) is 15.9 Å². The van der Waals surface area contributed by atoms with Crippen LogP contribution in [0.15, 0.2) is 36.4 Å². The molecular formula is C15H13NO4. The van der Waals surface area contributed by atoms with Crippen LogP contribution in [0.2, 0.25) is 0 Å². The maximum atomic E-state index is 12.2. The summed E-state index contributed by atoms with van der Waals surface area (Å²) in [6.45, 7) is 1.97. The zero-order valence-corrected chi connectivity index (χ0v) is 10.8. The summed E-state index contributed by atoms with van der Waals surface area (Å²) in [7, 11) is 0. The van der Waals surface area contributed by atoms with Crippen molar-refractivity contribution in [3.63, 3.8) is 0 Å². The Morgan fingerprint density at radius 2 is 1.95 bits per heavy atom. The van der Waals surface area contributed by atoms with Gasteiger partial charge in [-0.15, -0.1) is 0 Å². The molecule has 5 heteroatoms. The van der Waals surface area contributed by atoms with Crippen LogP contribution in [0.3, 0.4) is 0 Å². The Bertz CT molecular complexity index is 682. The van der Waals surface area contributed by atoms with Gasteiger partial charge in [0.15, 0.2) is 11.5 Å². The molecule has 2 N–H and O–H groups in total. The molecule has 0 atom stereocenters. The summed E-state index contributed by atoms with van der Waals surface area (Å²) in [6.07, 6.45) is 0. The molecule has 2 aromatic rings. The average Bonchev–Trinajstić information content (AvgIpc) is 2.85. The molecule has 0 spiro atoms. The number of ether oxygens (including phenoxy) is 2. The highest BCUT2D eigenvalue weighted by Crippen LogP contribution is 2.34. The quantitative estimate of drug-likeness (QED) is 0.881. The normalized spacial score (nSPS) is 12.2. The lowest BCUT2D eigenvalue weighted by molar-refractivity contribution is 0.102. The second kappa shape index (κ2) is 4.77. The number of hydrogen-bond acceptors (Lipinski definition) is 4. The van der Waals surface area contributed by atoms with Crippen molar-refractivity contribution in [2.75, 3.05) is 12.1 Å². The lowest BCUT2D eigenvalue weighted by Gasteiger charge is -2.08. The molecule has 1 aliphatic rings. The topological polar surface area (TPSA) is 67.8 Å². The number of fused-ring (bicyclic) bond motifs is 1. The van der Waals surface area contributed by atoms with E-state index in [0.29, 0.717) is 28.3 Å². The Morgan fingerprint density at radius 1 is 1.15 bits per heavy atom. The van der Waals surface area contributed by atoms with Gasteiger partial charge in [-0.05, 0) is 42.8 Å². The predicted octanol–water partition coefficient (Wildman–Crippen LogP) is 2.68. The first-order chi connectivity index (χ1) is 9.63. The lowest BCUT2D eigenvalue weighted by atomic mass is 10.1. The van der Waals surface area contributed by atoms with E-state index in [9.17, 15) is 9.90 Å². The highest BCUT2D eigenvalue weighted by molar-refractivity contribution is 6.05. The fourth-order valence-corrected chi connectivity index (χ4v) is 2.08. The number of carbonyl (C=O) groups excluding carboxylic acids is 1. The van der Waals surface area contributed by atoms with Gasteiger partial charge in [-0.25, -0.2) is 0 Å². The van der Waals surface area contributed by atoms with Crippen molar-refractivity contribution < 1.29 is 19.4 Å². The molecular weight excluding hydrogens is 258 g/mol. The van der Waals surface area contributed by atoms with Crippen LogP contribution in [0.4, 0.5) is 5.69 Å². The standard InChI is InChI=1S/C15H13NO4/c1-9-6-11(17)3-4-12(9)15(18)16-10-2-5-13-14(7-10)20-8-19-13/h2-7,17H,8H2,1H3,(H,16,18). The Labute approximate surface area is 115 Å². The highest BCUT2D eigenvalue weighted by Gasteiger charge is 2.15. The third-order valence-corrected chi connectivity index (χ3v) is 3.09. The van der Waals surface area contributed by atoms with Crippen LogP contribution in [-0.4, -0.2) is 17.8 Å². The molecule has 0 radical (unpaired) electrons. The molecule has 20 heavy (non-hydrogen) atoms. The molecule has 0 fully saturated rings. The molecule has 1 aliphatic heterocycles. The molecule has 0 aromatic heterocycles. The van der Waals surface area contributed by atoms with Crippen molar-refractivity contribution in [3.05, 3.63) is 47.5 Å². The summed E-state index contributed by atoms with van der Waals surface area (Å²) in [5, 5.41) is 12.1. The van der Waals surface area contributed by atoms with E-state index >= 15 is 0 Å². The second-order valence-corrected chi connectivity index (χ2v) is 4.52. The van der Waals surface area contributed by atoms with Crippen LogP contribution < -0.4 is 14.8 Å². The third-order valence-electron chi connectivity index (χ3n) is 3.09. The van der Waals surface area contributed by atoms with Crippen molar-refractivity contribution >= 4 is 11.6 Å². The zero-order valence-electron chi connectivity index (χ0n) is 10.8. The third kappa shape index (κ3) is 2.25. The zero-order chi connectivity index (χ0) is 14.1. The minimum Gasteiger partial charge on any atom is -0.508 e. The van der Waals surface area contributed by atoms with E-state index in [2.05, 4.69) is 5.32 Å². The smallest absolute Gasteiger partial charge is 0.255 e. The van der Waals surface area contributed by atoms with Gasteiger partial charge in [-0.3, -0.25) is 4.79 Å². The number of rotatable bonds is 2. The number of aryl methyl sites for hydroxylation is 1. The molecule has 0 saturated carbocycles. The Morgan fingerprint density at radius 3 is 2.75 bits per heavy atom. The van der Waals surface area contributed by atoms with Gasteiger partial charge in [-0.2, -0.15) is 0 Å². The van der Waals surface area contributed by atoms with Crippen LogP contribution >= 0.6 is 0 Å². The van der Waals surface area contributed by atoms with E-state index in [1.54, 1.807) is 37.3 Å². The van der Waals surface area contributed by atoms with E-state index in [1.807, 2.05) is 0 Å².